The first-order chi connectivity index (χ1) is 12.2. The lowest BCUT2D eigenvalue weighted by atomic mass is 9.85. The SMILES string of the molecule is CC[Si](OCCOC)(OCCOC)OCC(OC)C1CCC2OC2C1. The van der Waals surface area contributed by atoms with Gasteiger partial charge in [-0.3, -0.25) is 0 Å². The van der Waals surface area contributed by atoms with Gasteiger partial charge in [-0.2, -0.15) is 0 Å². The second kappa shape index (κ2) is 10.9. The minimum absolute atomic E-state index is 0.0422. The van der Waals surface area contributed by atoms with Crippen LogP contribution < -0.4 is 0 Å². The zero-order valence-electron chi connectivity index (χ0n) is 16.0. The van der Waals surface area contributed by atoms with Gasteiger partial charge in [0.2, 0.25) is 0 Å². The molecule has 0 amide bonds. The quantitative estimate of drug-likeness (QED) is 0.260. The van der Waals surface area contributed by atoms with Gasteiger partial charge in [0.25, 0.3) is 0 Å². The minimum atomic E-state index is -2.76. The Labute approximate surface area is 152 Å². The Hall–Kier alpha value is -0.0631. The van der Waals surface area contributed by atoms with Gasteiger partial charge in [-0.1, -0.05) is 6.92 Å². The molecule has 148 valence electrons. The lowest BCUT2D eigenvalue weighted by Crippen LogP contribution is -2.49. The van der Waals surface area contributed by atoms with Crippen LogP contribution in [0.3, 0.4) is 0 Å². The van der Waals surface area contributed by atoms with Crippen LogP contribution in [0.4, 0.5) is 0 Å². The van der Waals surface area contributed by atoms with Crippen LogP contribution >= 0.6 is 0 Å². The summed E-state index contributed by atoms with van der Waals surface area (Å²) in [5.74, 6) is 0.468. The molecular weight excluding hydrogens is 344 g/mol. The lowest BCUT2D eigenvalue weighted by Gasteiger charge is -2.33. The molecule has 0 spiro atoms. The van der Waals surface area contributed by atoms with Crippen molar-refractivity contribution in [3.8, 4) is 0 Å². The summed E-state index contributed by atoms with van der Waals surface area (Å²) in [7, 11) is 2.30. The molecule has 2 fully saturated rings. The third-order valence-corrected chi connectivity index (χ3v) is 7.75. The maximum Gasteiger partial charge on any atom is 0.500 e. The highest BCUT2D eigenvalue weighted by atomic mass is 28.4. The van der Waals surface area contributed by atoms with Crippen molar-refractivity contribution in [3.63, 3.8) is 0 Å². The fourth-order valence-electron chi connectivity index (χ4n) is 3.37. The van der Waals surface area contributed by atoms with E-state index < -0.39 is 8.80 Å². The van der Waals surface area contributed by atoms with Gasteiger partial charge < -0.3 is 32.2 Å². The second-order valence-corrected chi connectivity index (χ2v) is 9.53. The van der Waals surface area contributed by atoms with Crippen LogP contribution in [0.2, 0.25) is 6.04 Å². The van der Waals surface area contributed by atoms with E-state index in [9.17, 15) is 0 Å². The second-order valence-electron chi connectivity index (χ2n) is 6.59. The molecule has 8 heteroatoms. The fraction of sp³-hybridized carbons (Fsp3) is 1.00. The number of methoxy groups -OCH3 is 3. The van der Waals surface area contributed by atoms with E-state index in [0.717, 1.165) is 19.3 Å². The number of fused-ring (bicyclic) bond motifs is 1. The minimum Gasteiger partial charge on any atom is -0.382 e. The van der Waals surface area contributed by atoms with Crippen molar-refractivity contribution in [2.45, 2.75) is 50.5 Å². The Balaban J connectivity index is 1.87. The van der Waals surface area contributed by atoms with E-state index in [1.54, 1.807) is 21.3 Å². The van der Waals surface area contributed by atoms with Crippen LogP contribution in [0, 0.1) is 5.92 Å². The van der Waals surface area contributed by atoms with Gasteiger partial charge >= 0.3 is 8.80 Å². The summed E-state index contributed by atoms with van der Waals surface area (Å²) in [6.07, 6.45) is 4.27. The maximum absolute atomic E-state index is 6.24. The highest BCUT2D eigenvalue weighted by Gasteiger charge is 2.47. The average Bonchev–Trinajstić information content (AvgIpc) is 3.41. The Kier molecular flexibility index (Phi) is 9.29. The highest BCUT2D eigenvalue weighted by molar-refractivity contribution is 6.60. The van der Waals surface area contributed by atoms with Gasteiger partial charge in [-0.05, 0) is 25.2 Å². The molecule has 1 saturated heterocycles. The first-order valence-electron chi connectivity index (χ1n) is 9.26. The van der Waals surface area contributed by atoms with Crippen molar-refractivity contribution in [1.82, 2.24) is 0 Å². The van der Waals surface area contributed by atoms with E-state index >= 15 is 0 Å². The molecule has 4 atom stereocenters. The Morgan fingerprint density at radius 2 is 1.60 bits per heavy atom. The molecule has 0 radical (unpaired) electrons. The van der Waals surface area contributed by atoms with E-state index in [0.29, 0.717) is 57.2 Å². The van der Waals surface area contributed by atoms with Gasteiger partial charge in [-0.15, -0.1) is 0 Å². The lowest BCUT2D eigenvalue weighted by molar-refractivity contribution is -0.0325. The van der Waals surface area contributed by atoms with Crippen molar-refractivity contribution < 1.29 is 32.2 Å². The molecule has 0 aromatic heterocycles. The molecule has 7 nitrogen and oxygen atoms in total. The standard InChI is InChI=1S/C17H34O7Si/c1-5-25(21-10-8-18-2,22-11-9-19-3)23-13-17(20-4)14-6-7-15-16(12-14)24-15/h14-17H,5-13H2,1-4H3. The van der Waals surface area contributed by atoms with E-state index in [1.807, 2.05) is 6.92 Å². The molecule has 1 heterocycles. The van der Waals surface area contributed by atoms with Crippen molar-refractivity contribution in [2.24, 2.45) is 5.92 Å². The number of ether oxygens (including phenoxy) is 4. The summed E-state index contributed by atoms with van der Waals surface area (Å²) in [6, 6.07) is 0.704. The molecule has 0 N–H and O–H groups in total. The molecule has 4 unspecified atom stereocenters. The van der Waals surface area contributed by atoms with Crippen LogP contribution in [0.25, 0.3) is 0 Å². The topological polar surface area (TPSA) is 67.9 Å². The Morgan fingerprint density at radius 1 is 0.920 bits per heavy atom. The third-order valence-electron chi connectivity index (χ3n) is 4.99. The first kappa shape index (κ1) is 21.2. The Bertz CT molecular complexity index is 361. The number of hydrogen-bond donors (Lipinski definition) is 0. The largest absolute Gasteiger partial charge is 0.500 e. The number of rotatable bonds is 14. The van der Waals surface area contributed by atoms with Gasteiger partial charge in [-0.25, -0.2) is 0 Å². The van der Waals surface area contributed by atoms with Crippen LogP contribution in [0.15, 0.2) is 0 Å². The van der Waals surface area contributed by atoms with Crippen LogP contribution in [0.1, 0.15) is 26.2 Å². The van der Waals surface area contributed by atoms with Gasteiger partial charge in [0.1, 0.15) is 0 Å². The summed E-state index contributed by atoms with van der Waals surface area (Å²) >= 11 is 0. The smallest absolute Gasteiger partial charge is 0.382 e. The summed E-state index contributed by atoms with van der Waals surface area (Å²) in [4.78, 5) is 0. The molecule has 0 bridgehead atoms. The average molecular weight is 379 g/mol. The van der Waals surface area contributed by atoms with E-state index in [1.165, 1.54) is 0 Å². The predicted octanol–water partition coefficient (Wildman–Crippen LogP) is 1.87. The summed E-state index contributed by atoms with van der Waals surface area (Å²) in [6.45, 7) is 4.48. The molecule has 1 aliphatic carbocycles. The van der Waals surface area contributed by atoms with Crippen molar-refractivity contribution in [3.05, 3.63) is 0 Å². The third kappa shape index (κ3) is 6.55. The van der Waals surface area contributed by atoms with Crippen molar-refractivity contribution in [1.29, 1.82) is 0 Å². The predicted molar refractivity (Wildman–Crippen MR) is 94.6 cm³/mol. The van der Waals surface area contributed by atoms with Gasteiger partial charge in [0, 0.05) is 27.4 Å². The van der Waals surface area contributed by atoms with Crippen LogP contribution in [-0.2, 0) is 32.2 Å². The van der Waals surface area contributed by atoms with Crippen molar-refractivity contribution >= 4 is 8.80 Å². The van der Waals surface area contributed by atoms with E-state index in [2.05, 4.69) is 0 Å². The maximum atomic E-state index is 6.24. The number of epoxide rings is 1. The van der Waals surface area contributed by atoms with E-state index in [4.69, 9.17) is 32.2 Å². The molecule has 1 saturated carbocycles. The normalized spacial score (nSPS) is 27.1. The molecule has 2 rings (SSSR count). The summed E-state index contributed by atoms with van der Waals surface area (Å²) in [5.41, 5.74) is 0. The van der Waals surface area contributed by atoms with E-state index in [-0.39, 0.29) is 6.10 Å². The van der Waals surface area contributed by atoms with Crippen LogP contribution in [0.5, 0.6) is 0 Å². The van der Waals surface area contributed by atoms with Gasteiger partial charge in [0.15, 0.2) is 0 Å². The van der Waals surface area contributed by atoms with Gasteiger partial charge in [0.05, 0.1) is 51.3 Å². The molecule has 2 aliphatic rings. The fourth-order valence-corrected chi connectivity index (χ4v) is 5.44. The van der Waals surface area contributed by atoms with Crippen LogP contribution in [-0.4, -0.2) is 81.5 Å². The number of hydrogen-bond acceptors (Lipinski definition) is 7. The molecule has 0 aromatic carbocycles. The van der Waals surface area contributed by atoms with Crippen molar-refractivity contribution in [2.75, 3.05) is 54.4 Å². The highest BCUT2D eigenvalue weighted by Crippen LogP contribution is 2.41. The Morgan fingerprint density at radius 3 is 2.12 bits per heavy atom. The summed E-state index contributed by atoms with van der Waals surface area (Å²) < 4.78 is 39.8. The molecule has 0 aromatic rings. The molecule has 25 heavy (non-hydrogen) atoms. The first-order valence-corrected chi connectivity index (χ1v) is 11.2. The summed E-state index contributed by atoms with van der Waals surface area (Å²) in [5, 5.41) is 0. The monoisotopic (exact) mass is 378 g/mol. The molecular formula is C17H34O7Si. The zero-order valence-corrected chi connectivity index (χ0v) is 17.0. The zero-order chi connectivity index (χ0) is 18.1. The molecule has 1 aliphatic heterocycles.